The SMILES string of the molecule is CCOc1ccc(NCC(=O)O)cc1. The van der Waals surface area contributed by atoms with E-state index in [2.05, 4.69) is 5.32 Å². The third-order valence-corrected chi connectivity index (χ3v) is 1.61. The van der Waals surface area contributed by atoms with Crippen molar-refractivity contribution in [2.24, 2.45) is 0 Å². The number of carboxylic acids is 1. The van der Waals surface area contributed by atoms with Gasteiger partial charge in [-0.1, -0.05) is 0 Å². The summed E-state index contributed by atoms with van der Waals surface area (Å²) in [5.41, 5.74) is 0.774. The van der Waals surface area contributed by atoms with Crippen LogP contribution in [0.5, 0.6) is 5.75 Å². The molecule has 1 aromatic carbocycles. The third kappa shape index (κ3) is 3.35. The van der Waals surface area contributed by atoms with Crippen molar-refractivity contribution < 1.29 is 14.6 Å². The lowest BCUT2D eigenvalue weighted by Crippen LogP contribution is -2.12. The van der Waals surface area contributed by atoms with Crippen LogP contribution in [0.4, 0.5) is 5.69 Å². The molecule has 0 spiro atoms. The Morgan fingerprint density at radius 3 is 2.57 bits per heavy atom. The summed E-state index contributed by atoms with van der Waals surface area (Å²) >= 11 is 0. The summed E-state index contributed by atoms with van der Waals surface area (Å²) in [4.78, 5) is 10.3. The molecule has 0 aliphatic carbocycles. The van der Waals surface area contributed by atoms with E-state index in [9.17, 15) is 4.79 Å². The predicted octanol–water partition coefficient (Wildman–Crippen LogP) is 1.58. The molecule has 4 nitrogen and oxygen atoms in total. The zero-order valence-electron chi connectivity index (χ0n) is 7.99. The van der Waals surface area contributed by atoms with Gasteiger partial charge in [0, 0.05) is 5.69 Å². The fraction of sp³-hybridized carbons (Fsp3) is 0.300. The third-order valence-electron chi connectivity index (χ3n) is 1.61. The van der Waals surface area contributed by atoms with E-state index in [1.54, 1.807) is 24.3 Å². The Morgan fingerprint density at radius 2 is 2.07 bits per heavy atom. The highest BCUT2D eigenvalue weighted by atomic mass is 16.5. The Morgan fingerprint density at radius 1 is 1.43 bits per heavy atom. The highest BCUT2D eigenvalue weighted by Gasteiger charge is 1.97. The zero-order valence-corrected chi connectivity index (χ0v) is 7.99. The molecule has 1 aromatic rings. The number of hydrogen-bond donors (Lipinski definition) is 2. The van der Waals surface area contributed by atoms with Crippen molar-refractivity contribution in [3.8, 4) is 5.75 Å². The van der Waals surface area contributed by atoms with Crippen LogP contribution in [-0.4, -0.2) is 24.2 Å². The molecule has 1 rings (SSSR count). The van der Waals surface area contributed by atoms with Crippen LogP contribution >= 0.6 is 0 Å². The molecule has 4 heteroatoms. The fourth-order valence-corrected chi connectivity index (χ4v) is 1.01. The fourth-order valence-electron chi connectivity index (χ4n) is 1.01. The summed E-state index contributed by atoms with van der Waals surface area (Å²) in [6.45, 7) is 2.46. The van der Waals surface area contributed by atoms with Crippen LogP contribution in [-0.2, 0) is 4.79 Å². The standard InChI is InChI=1S/C10H13NO3/c1-2-14-9-5-3-8(4-6-9)11-7-10(12)13/h3-6,11H,2,7H2,1H3,(H,12,13). The maximum Gasteiger partial charge on any atom is 0.322 e. The Kier molecular flexibility index (Phi) is 3.79. The lowest BCUT2D eigenvalue weighted by molar-refractivity contribution is -0.134. The summed E-state index contributed by atoms with van der Waals surface area (Å²) < 4.78 is 5.24. The van der Waals surface area contributed by atoms with E-state index in [1.165, 1.54) is 0 Å². The minimum atomic E-state index is -0.876. The van der Waals surface area contributed by atoms with Crippen molar-refractivity contribution >= 4 is 11.7 Å². The van der Waals surface area contributed by atoms with Gasteiger partial charge in [-0.05, 0) is 31.2 Å². The molecule has 0 saturated heterocycles. The molecule has 76 valence electrons. The first-order chi connectivity index (χ1) is 6.72. The zero-order chi connectivity index (χ0) is 10.4. The molecule has 0 aromatic heterocycles. The van der Waals surface area contributed by atoms with E-state index in [4.69, 9.17) is 9.84 Å². The molecular weight excluding hydrogens is 182 g/mol. The number of ether oxygens (including phenoxy) is 1. The molecule has 0 heterocycles. The number of nitrogens with one attached hydrogen (secondary N) is 1. The molecule has 0 aliphatic heterocycles. The summed E-state index contributed by atoms with van der Waals surface area (Å²) in [5, 5.41) is 11.2. The lowest BCUT2D eigenvalue weighted by atomic mass is 10.3. The van der Waals surface area contributed by atoms with Crippen molar-refractivity contribution in [3.05, 3.63) is 24.3 Å². The molecule has 0 fully saturated rings. The number of benzene rings is 1. The largest absolute Gasteiger partial charge is 0.494 e. The minimum absolute atomic E-state index is 0.0754. The molecule has 0 aliphatic rings. The maximum atomic E-state index is 10.3. The van der Waals surface area contributed by atoms with Crippen LogP contribution in [0.2, 0.25) is 0 Å². The van der Waals surface area contributed by atoms with Gasteiger partial charge >= 0.3 is 5.97 Å². The van der Waals surface area contributed by atoms with Crippen LogP contribution in [0.3, 0.4) is 0 Å². The first kappa shape index (κ1) is 10.4. The molecule has 0 bridgehead atoms. The number of anilines is 1. The average molecular weight is 195 g/mol. The van der Waals surface area contributed by atoms with E-state index in [0.29, 0.717) is 6.61 Å². The Hall–Kier alpha value is -1.71. The highest BCUT2D eigenvalue weighted by molar-refractivity contribution is 5.72. The first-order valence-electron chi connectivity index (χ1n) is 4.41. The lowest BCUT2D eigenvalue weighted by Gasteiger charge is -2.05. The van der Waals surface area contributed by atoms with Gasteiger partial charge in [-0.3, -0.25) is 4.79 Å². The summed E-state index contributed by atoms with van der Waals surface area (Å²) in [7, 11) is 0. The molecule has 0 unspecified atom stereocenters. The van der Waals surface area contributed by atoms with Gasteiger partial charge in [0.1, 0.15) is 12.3 Å². The monoisotopic (exact) mass is 195 g/mol. The molecular formula is C10H13NO3. The summed E-state index contributed by atoms with van der Waals surface area (Å²) in [6, 6.07) is 7.17. The van der Waals surface area contributed by atoms with Crippen LogP contribution in [0.25, 0.3) is 0 Å². The second-order valence-electron chi connectivity index (χ2n) is 2.70. The van der Waals surface area contributed by atoms with E-state index in [1.807, 2.05) is 6.92 Å². The van der Waals surface area contributed by atoms with Gasteiger partial charge in [0.25, 0.3) is 0 Å². The highest BCUT2D eigenvalue weighted by Crippen LogP contribution is 2.15. The van der Waals surface area contributed by atoms with Gasteiger partial charge in [0.2, 0.25) is 0 Å². The van der Waals surface area contributed by atoms with Crippen molar-refractivity contribution in [3.63, 3.8) is 0 Å². The Balaban J connectivity index is 2.50. The summed E-state index contributed by atoms with van der Waals surface area (Å²) in [5.74, 6) is -0.0905. The van der Waals surface area contributed by atoms with Gasteiger partial charge in [-0.15, -0.1) is 0 Å². The van der Waals surface area contributed by atoms with Crippen LogP contribution in [0.1, 0.15) is 6.92 Å². The van der Waals surface area contributed by atoms with Gasteiger partial charge < -0.3 is 15.2 Å². The molecule has 2 N–H and O–H groups in total. The minimum Gasteiger partial charge on any atom is -0.494 e. The summed E-state index contributed by atoms with van der Waals surface area (Å²) in [6.07, 6.45) is 0. The normalized spacial score (nSPS) is 9.50. The molecule has 0 saturated carbocycles. The van der Waals surface area contributed by atoms with E-state index >= 15 is 0 Å². The van der Waals surface area contributed by atoms with Gasteiger partial charge in [-0.2, -0.15) is 0 Å². The van der Waals surface area contributed by atoms with Crippen molar-refractivity contribution in [2.45, 2.75) is 6.92 Å². The van der Waals surface area contributed by atoms with E-state index in [-0.39, 0.29) is 6.54 Å². The van der Waals surface area contributed by atoms with Crippen molar-refractivity contribution in [1.29, 1.82) is 0 Å². The Bertz CT molecular complexity index is 295. The predicted molar refractivity (Wildman–Crippen MR) is 53.7 cm³/mol. The Labute approximate surface area is 82.5 Å². The second kappa shape index (κ2) is 5.11. The average Bonchev–Trinajstić information content (AvgIpc) is 2.17. The van der Waals surface area contributed by atoms with Crippen LogP contribution in [0.15, 0.2) is 24.3 Å². The molecule has 0 amide bonds. The first-order valence-corrected chi connectivity index (χ1v) is 4.41. The van der Waals surface area contributed by atoms with Gasteiger partial charge in [-0.25, -0.2) is 0 Å². The number of hydrogen-bond acceptors (Lipinski definition) is 3. The van der Waals surface area contributed by atoms with E-state index in [0.717, 1.165) is 11.4 Å². The van der Waals surface area contributed by atoms with Gasteiger partial charge in [0.15, 0.2) is 0 Å². The number of rotatable bonds is 5. The second-order valence-corrected chi connectivity index (χ2v) is 2.70. The quantitative estimate of drug-likeness (QED) is 0.749. The van der Waals surface area contributed by atoms with Crippen molar-refractivity contribution in [2.75, 3.05) is 18.5 Å². The molecule has 0 radical (unpaired) electrons. The number of aliphatic carboxylic acids is 1. The van der Waals surface area contributed by atoms with Crippen LogP contribution in [0, 0.1) is 0 Å². The topological polar surface area (TPSA) is 58.6 Å². The number of carboxylic acid groups (broad SMARTS) is 1. The number of carbonyl (C=O) groups is 1. The van der Waals surface area contributed by atoms with Gasteiger partial charge in [0.05, 0.1) is 6.61 Å². The molecule has 0 atom stereocenters. The maximum absolute atomic E-state index is 10.3. The van der Waals surface area contributed by atoms with Crippen LogP contribution < -0.4 is 10.1 Å². The van der Waals surface area contributed by atoms with Crippen molar-refractivity contribution in [1.82, 2.24) is 0 Å². The molecule has 14 heavy (non-hydrogen) atoms. The smallest absolute Gasteiger partial charge is 0.322 e. The van der Waals surface area contributed by atoms with E-state index < -0.39 is 5.97 Å².